The van der Waals surface area contributed by atoms with E-state index >= 15 is 0 Å². The van der Waals surface area contributed by atoms with Gasteiger partial charge in [-0.15, -0.1) is 0 Å². The van der Waals surface area contributed by atoms with Crippen LogP contribution in [0.4, 0.5) is 13.2 Å². The Balaban J connectivity index is 1.12. The van der Waals surface area contributed by atoms with Crippen LogP contribution in [0.2, 0.25) is 0 Å². The van der Waals surface area contributed by atoms with Crippen LogP contribution in [-0.4, -0.2) is 82.8 Å². The first kappa shape index (κ1) is 27.4. The highest BCUT2D eigenvalue weighted by atomic mass is 19.4. The van der Waals surface area contributed by atoms with E-state index in [1.165, 1.54) is 10.1 Å². The van der Waals surface area contributed by atoms with Gasteiger partial charge in [0.1, 0.15) is 6.10 Å². The fraction of sp³-hybridized carbons (Fsp3) is 0.607. The number of hydrogen-bond acceptors (Lipinski definition) is 7. The minimum atomic E-state index is -4.60. The fourth-order valence-corrected chi connectivity index (χ4v) is 6.49. The lowest BCUT2D eigenvalue weighted by atomic mass is 10.1. The summed E-state index contributed by atoms with van der Waals surface area (Å²) in [6.45, 7) is 3.56. The van der Waals surface area contributed by atoms with Gasteiger partial charge in [-0.1, -0.05) is 6.07 Å². The van der Waals surface area contributed by atoms with Crippen LogP contribution in [0.25, 0.3) is 0 Å². The number of alkyl halides is 3. The van der Waals surface area contributed by atoms with Crippen molar-refractivity contribution in [3.63, 3.8) is 0 Å². The van der Waals surface area contributed by atoms with E-state index in [1.807, 2.05) is 6.07 Å². The Morgan fingerprint density at radius 2 is 1.98 bits per heavy atom. The van der Waals surface area contributed by atoms with Crippen molar-refractivity contribution in [2.45, 2.75) is 69.2 Å². The van der Waals surface area contributed by atoms with Crippen molar-refractivity contribution in [1.82, 2.24) is 24.7 Å². The van der Waals surface area contributed by atoms with Gasteiger partial charge in [-0.2, -0.15) is 13.2 Å². The van der Waals surface area contributed by atoms with E-state index in [0.29, 0.717) is 31.7 Å². The molecular weight excluding hydrogens is 527 g/mol. The van der Waals surface area contributed by atoms with Crippen molar-refractivity contribution in [3.05, 3.63) is 63.3 Å². The molecule has 3 aliphatic heterocycles. The van der Waals surface area contributed by atoms with Gasteiger partial charge in [-0.3, -0.25) is 24.4 Å². The number of amides is 1. The highest BCUT2D eigenvalue weighted by molar-refractivity contribution is 5.78. The number of fused-ring (bicyclic) bond motifs is 2. The van der Waals surface area contributed by atoms with E-state index in [2.05, 4.69) is 21.3 Å². The second-order valence-corrected chi connectivity index (χ2v) is 11.2. The number of nitrogens with zero attached hydrogens (tertiary/aromatic N) is 4. The molecule has 2 aromatic heterocycles. The number of carbonyl (C=O) groups excluding carboxylic acids is 1. The molecule has 12 heteroatoms. The Labute approximate surface area is 230 Å². The number of hydrogen-bond donors (Lipinski definition) is 1. The minimum Gasteiger partial charge on any atom is -0.381 e. The summed E-state index contributed by atoms with van der Waals surface area (Å²) in [5.41, 5.74) is 0.801. The number of aryl methyl sites for hydroxylation is 1. The minimum absolute atomic E-state index is 0.0265. The van der Waals surface area contributed by atoms with Crippen molar-refractivity contribution >= 4 is 5.91 Å². The van der Waals surface area contributed by atoms with Crippen LogP contribution < -0.4 is 10.9 Å². The van der Waals surface area contributed by atoms with Crippen LogP contribution in [0, 0.1) is 0 Å². The third-order valence-corrected chi connectivity index (χ3v) is 8.53. The van der Waals surface area contributed by atoms with Crippen molar-refractivity contribution in [1.29, 1.82) is 0 Å². The second-order valence-electron chi connectivity index (χ2n) is 11.2. The molecule has 0 spiro atoms. The Bertz CT molecular complexity index is 1300. The van der Waals surface area contributed by atoms with Crippen LogP contribution in [0.5, 0.6) is 0 Å². The number of rotatable bonds is 6. The lowest BCUT2D eigenvalue weighted by molar-refractivity contribution is -0.138. The van der Waals surface area contributed by atoms with E-state index in [0.717, 1.165) is 50.7 Å². The molecule has 1 aliphatic carbocycles. The number of nitrogens with one attached hydrogen (secondary N) is 1. The molecule has 2 saturated heterocycles. The molecule has 5 heterocycles. The molecule has 3 atom stereocenters. The molecule has 6 rings (SSSR count). The fourth-order valence-electron chi connectivity index (χ4n) is 6.49. The van der Waals surface area contributed by atoms with Crippen LogP contribution in [0.1, 0.15) is 47.9 Å². The quantitative estimate of drug-likeness (QED) is 0.578. The summed E-state index contributed by atoms with van der Waals surface area (Å²) in [4.78, 5) is 34.2. The summed E-state index contributed by atoms with van der Waals surface area (Å²) in [5, 5.41) is 3.17. The smallest absolute Gasteiger partial charge is 0.381 e. The molecule has 9 nitrogen and oxygen atoms in total. The molecule has 2 fully saturated rings. The first-order valence-electron chi connectivity index (χ1n) is 14.0. The maximum absolute atomic E-state index is 13.3. The van der Waals surface area contributed by atoms with Gasteiger partial charge in [0.2, 0.25) is 5.91 Å². The molecule has 0 radical (unpaired) electrons. The van der Waals surface area contributed by atoms with Gasteiger partial charge in [-0.25, -0.2) is 0 Å². The zero-order valence-corrected chi connectivity index (χ0v) is 22.2. The van der Waals surface area contributed by atoms with Crippen LogP contribution >= 0.6 is 0 Å². The molecule has 1 N–H and O–H groups in total. The van der Waals surface area contributed by atoms with E-state index in [1.54, 1.807) is 11.1 Å². The monoisotopic (exact) mass is 561 g/mol. The Kier molecular flexibility index (Phi) is 7.68. The van der Waals surface area contributed by atoms with E-state index < -0.39 is 17.3 Å². The number of aromatic nitrogens is 2. The molecule has 0 saturated carbocycles. The molecular formula is C28H34F3N5O4. The van der Waals surface area contributed by atoms with Gasteiger partial charge >= 0.3 is 6.18 Å². The van der Waals surface area contributed by atoms with Gasteiger partial charge in [-0.05, 0) is 43.4 Å². The predicted octanol–water partition coefficient (Wildman–Crippen LogP) is 2.13. The van der Waals surface area contributed by atoms with Crippen molar-refractivity contribution in [2.24, 2.45) is 0 Å². The van der Waals surface area contributed by atoms with Gasteiger partial charge in [0, 0.05) is 69.9 Å². The van der Waals surface area contributed by atoms with Crippen molar-refractivity contribution < 1.29 is 27.4 Å². The third kappa shape index (κ3) is 5.81. The lowest BCUT2D eigenvalue weighted by Gasteiger charge is -2.31. The lowest BCUT2D eigenvalue weighted by Crippen LogP contribution is -2.49. The number of pyridine rings is 2. The summed E-state index contributed by atoms with van der Waals surface area (Å²) in [6, 6.07) is 5.80. The SMILES string of the molecule is O=C(CN1CCn2c(cc(C(F)(F)F)cc2=O)C1)NC1CN(C2CCOCC2)C[C@@H]1OC1CCc2cccnc21. The van der Waals surface area contributed by atoms with Crippen LogP contribution in [-0.2, 0) is 40.0 Å². The zero-order chi connectivity index (χ0) is 27.9. The van der Waals surface area contributed by atoms with Crippen LogP contribution in [0.3, 0.4) is 0 Å². The Morgan fingerprint density at radius 3 is 2.77 bits per heavy atom. The molecule has 4 aliphatic rings. The van der Waals surface area contributed by atoms with Crippen molar-refractivity contribution in [3.8, 4) is 0 Å². The summed E-state index contributed by atoms with van der Waals surface area (Å²) >= 11 is 0. The molecule has 1 amide bonds. The number of ether oxygens (including phenoxy) is 2. The largest absolute Gasteiger partial charge is 0.416 e. The normalized spacial score (nSPS) is 26.0. The summed E-state index contributed by atoms with van der Waals surface area (Å²) in [6.07, 6.45) is 0.503. The Morgan fingerprint density at radius 1 is 1.15 bits per heavy atom. The topological polar surface area (TPSA) is 88.9 Å². The molecule has 0 bridgehead atoms. The van der Waals surface area contributed by atoms with Crippen LogP contribution in [0.15, 0.2) is 35.3 Å². The second kappa shape index (κ2) is 11.2. The maximum Gasteiger partial charge on any atom is 0.416 e. The van der Waals surface area contributed by atoms with Gasteiger partial charge in [0.25, 0.3) is 5.56 Å². The van der Waals surface area contributed by atoms with Gasteiger partial charge < -0.3 is 19.4 Å². The Hall–Kier alpha value is -2.80. The zero-order valence-electron chi connectivity index (χ0n) is 22.2. The van der Waals surface area contributed by atoms with E-state index in [-0.39, 0.29) is 49.5 Å². The summed E-state index contributed by atoms with van der Waals surface area (Å²) in [5.74, 6) is -0.208. The average Bonchev–Trinajstić information content (AvgIpc) is 3.52. The first-order valence-corrected chi connectivity index (χ1v) is 14.0. The molecule has 2 unspecified atom stereocenters. The summed E-state index contributed by atoms with van der Waals surface area (Å²) in [7, 11) is 0. The number of halogens is 3. The highest BCUT2D eigenvalue weighted by Crippen LogP contribution is 2.35. The average molecular weight is 562 g/mol. The standard InChI is InChI=1S/C28H34F3N5O4/c29-28(30,31)19-12-21-14-34(8-9-36(21)26(38)13-19)17-25(37)33-22-15-35(20-5-10-39-11-6-20)16-24(22)40-23-4-3-18-2-1-7-32-27(18)23/h1-2,7,12-13,20,22-24H,3-6,8-11,14-17H2,(H,33,37)/t22?,23?,24-/m0/s1. The van der Waals surface area contributed by atoms with E-state index in [9.17, 15) is 22.8 Å². The predicted molar refractivity (Wildman–Crippen MR) is 138 cm³/mol. The van der Waals surface area contributed by atoms with E-state index in [4.69, 9.17) is 9.47 Å². The van der Waals surface area contributed by atoms with Crippen molar-refractivity contribution in [2.75, 3.05) is 39.4 Å². The number of carbonyl (C=O) groups is 1. The molecule has 40 heavy (non-hydrogen) atoms. The summed E-state index contributed by atoms with van der Waals surface area (Å²) < 4.78 is 53.3. The molecule has 2 aromatic rings. The first-order chi connectivity index (χ1) is 19.2. The van der Waals surface area contributed by atoms with Gasteiger partial charge in [0.05, 0.1) is 29.9 Å². The maximum atomic E-state index is 13.3. The molecule has 0 aromatic carbocycles. The third-order valence-electron chi connectivity index (χ3n) is 8.53. The van der Waals surface area contributed by atoms with Gasteiger partial charge in [0.15, 0.2) is 0 Å². The highest BCUT2D eigenvalue weighted by Gasteiger charge is 2.41. The number of likely N-dealkylation sites (tertiary alicyclic amines) is 1. The molecule has 216 valence electrons.